The molecule has 1 aromatic heterocycles. The fourth-order valence-electron chi connectivity index (χ4n) is 2.81. The van der Waals surface area contributed by atoms with Gasteiger partial charge in [0.25, 0.3) is 5.69 Å². The first-order valence-electron chi connectivity index (χ1n) is 9.08. The Bertz CT molecular complexity index is 790. The molecule has 1 heterocycles. The molecule has 0 unspecified atom stereocenters. The molecule has 9 heteroatoms. The number of hydrogen-bond acceptors (Lipinski definition) is 3. The molecule has 6 nitrogen and oxygen atoms in total. The highest BCUT2D eigenvalue weighted by atomic mass is 35.5. The molecule has 0 aliphatic rings. The molecule has 27 heavy (non-hydrogen) atoms. The highest BCUT2D eigenvalue weighted by Gasteiger charge is 2.17. The van der Waals surface area contributed by atoms with E-state index < -0.39 is 13.0 Å². The number of anilines is 1. The minimum absolute atomic E-state index is 0.0643. The molecule has 0 amide bonds. The predicted molar refractivity (Wildman–Crippen MR) is 114 cm³/mol. The van der Waals surface area contributed by atoms with E-state index in [4.69, 9.17) is 23.2 Å². The molecule has 1 N–H and O–H groups in total. The maximum atomic E-state index is 11.1. The molecule has 148 valence electrons. The van der Waals surface area contributed by atoms with Crippen molar-refractivity contribution >= 4 is 42.7 Å². The third-order valence-corrected chi connectivity index (χ3v) is 6.81. The smallest absolute Gasteiger partial charge is 0.293 e. The third-order valence-electron chi connectivity index (χ3n) is 4.23. The van der Waals surface area contributed by atoms with E-state index in [0.29, 0.717) is 17.3 Å². The normalized spacial score (nSPS) is 11.6. The zero-order valence-corrected chi connectivity index (χ0v) is 18.6. The second-order valence-corrected chi connectivity index (χ2v) is 14.3. The molecule has 0 aliphatic heterocycles. The van der Waals surface area contributed by atoms with Crippen LogP contribution in [0.1, 0.15) is 12.8 Å². The van der Waals surface area contributed by atoms with Crippen LogP contribution in [0.4, 0.5) is 11.4 Å². The van der Waals surface area contributed by atoms with Gasteiger partial charge in [-0.3, -0.25) is 10.1 Å². The van der Waals surface area contributed by atoms with Gasteiger partial charge in [-0.15, -0.1) is 0 Å². The van der Waals surface area contributed by atoms with Gasteiger partial charge in [0.05, 0.1) is 28.1 Å². The Morgan fingerprint density at radius 3 is 2.59 bits per heavy atom. The molecule has 0 atom stereocenters. The van der Waals surface area contributed by atoms with Crippen LogP contribution in [0.2, 0.25) is 35.7 Å². The Morgan fingerprint density at radius 2 is 1.93 bits per heavy atom. The van der Waals surface area contributed by atoms with E-state index in [1.165, 1.54) is 24.6 Å². The van der Waals surface area contributed by atoms with Crippen molar-refractivity contribution in [3.63, 3.8) is 0 Å². The zero-order valence-electron chi connectivity index (χ0n) is 16.0. The summed E-state index contributed by atoms with van der Waals surface area (Å²) in [6, 6.07) is 4.11. The number of imidazole rings is 1. The van der Waals surface area contributed by atoms with Crippen LogP contribution >= 0.6 is 23.2 Å². The van der Waals surface area contributed by atoms with Crippen molar-refractivity contribution in [1.82, 2.24) is 4.57 Å². The first kappa shape index (κ1) is 21.7. The standard InChI is InChI=1S/C18H27Cl2N4O2Si/c1-27(2,3)11-5-8-23-10-9-22(14-23)7-4-6-21-17-12-15(19)16(20)13-18(17)24(25)26/h9-10,12-14,21H,4-8,11H2,1-3H3/q+1. The summed E-state index contributed by atoms with van der Waals surface area (Å²) >= 11 is 11.8. The Labute approximate surface area is 171 Å². The highest BCUT2D eigenvalue weighted by molar-refractivity contribution is 6.76. The molecule has 0 aliphatic carbocycles. The van der Waals surface area contributed by atoms with Gasteiger partial charge in [-0.1, -0.05) is 48.9 Å². The number of benzene rings is 1. The minimum atomic E-state index is -0.977. The summed E-state index contributed by atoms with van der Waals surface area (Å²) in [6.45, 7) is 9.68. The molecule has 2 aromatic rings. The lowest BCUT2D eigenvalue weighted by molar-refractivity contribution is -0.696. The number of hydrogen-bond donors (Lipinski definition) is 1. The maximum absolute atomic E-state index is 11.1. The first-order chi connectivity index (χ1) is 12.7. The fourth-order valence-corrected chi connectivity index (χ4v) is 4.35. The van der Waals surface area contributed by atoms with Gasteiger partial charge >= 0.3 is 0 Å². The summed E-state index contributed by atoms with van der Waals surface area (Å²) in [6.07, 6.45) is 8.33. The van der Waals surface area contributed by atoms with Crippen LogP contribution in [0, 0.1) is 10.1 Å². The summed E-state index contributed by atoms with van der Waals surface area (Å²) in [7, 11) is -0.977. The summed E-state index contributed by atoms with van der Waals surface area (Å²) in [4.78, 5) is 10.7. The van der Waals surface area contributed by atoms with Crippen LogP contribution in [0.25, 0.3) is 0 Å². The van der Waals surface area contributed by atoms with Gasteiger partial charge < -0.3 is 5.32 Å². The van der Waals surface area contributed by atoms with E-state index in [1.54, 1.807) is 0 Å². The van der Waals surface area contributed by atoms with E-state index in [1.807, 2.05) is 0 Å². The molecule has 0 saturated carbocycles. The van der Waals surface area contributed by atoms with Gasteiger partial charge in [0.15, 0.2) is 0 Å². The molecular weight excluding hydrogens is 403 g/mol. The van der Waals surface area contributed by atoms with Crippen molar-refractivity contribution in [2.24, 2.45) is 0 Å². The maximum Gasteiger partial charge on any atom is 0.293 e. The quantitative estimate of drug-likeness (QED) is 0.185. The Kier molecular flexibility index (Phi) is 7.70. The van der Waals surface area contributed by atoms with E-state index in [9.17, 15) is 10.1 Å². The third kappa shape index (κ3) is 7.16. The Hall–Kier alpha value is -1.57. The molecule has 1 aromatic carbocycles. The zero-order chi connectivity index (χ0) is 20.0. The highest BCUT2D eigenvalue weighted by Crippen LogP contribution is 2.33. The van der Waals surface area contributed by atoms with Gasteiger partial charge in [-0.2, -0.15) is 0 Å². The number of aromatic nitrogens is 2. The topological polar surface area (TPSA) is 64.0 Å². The van der Waals surface area contributed by atoms with Crippen molar-refractivity contribution in [2.75, 3.05) is 11.9 Å². The molecular formula is C18H27Cl2N4O2Si+. The molecule has 0 spiro atoms. The molecule has 0 saturated heterocycles. The van der Waals surface area contributed by atoms with Crippen molar-refractivity contribution < 1.29 is 9.49 Å². The fraction of sp³-hybridized carbons (Fsp3) is 0.500. The van der Waals surface area contributed by atoms with Crippen LogP contribution in [-0.2, 0) is 13.1 Å². The summed E-state index contributed by atoms with van der Waals surface area (Å²) in [5.41, 5.74) is 0.328. The number of aryl methyl sites for hydroxylation is 2. The lowest BCUT2D eigenvalue weighted by Crippen LogP contribution is -2.32. The lowest BCUT2D eigenvalue weighted by atomic mass is 10.2. The number of halogens is 2. The number of nitrogens with one attached hydrogen (secondary N) is 1. The van der Waals surface area contributed by atoms with Gasteiger partial charge in [-0.25, -0.2) is 9.13 Å². The second-order valence-electron chi connectivity index (χ2n) is 7.87. The SMILES string of the molecule is C[Si](C)(C)CCC[n+]1ccn(CCCNc2cc(Cl)c(Cl)cc2[N+](=O)[O-])c1. The predicted octanol–water partition coefficient (Wildman–Crippen LogP) is 5.22. The van der Waals surface area contributed by atoms with Gasteiger partial charge in [0, 0.05) is 27.1 Å². The van der Waals surface area contributed by atoms with Crippen LogP contribution in [0.3, 0.4) is 0 Å². The van der Waals surface area contributed by atoms with E-state index in [0.717, 1.165) is 19.5 Å². The molecule has 0 fully saturated rings. The van der Waals surface area contributed by atoms with Gasteiger partial charge in [-0.05, 0) is 12.5 Å². The molecule has 0 bridgehead atoms. The van der Waals surface area contributed by atoms with E-state index in [2.05, 4.69) is 52.8 Å². The number of rotatable bonds is 10. The number of nitrogens with zero attached hydrogens (tertiary/aromatic N) is 3. The van der Waals surface area contributed by atoms with E-state index >= 15 is 0 Å². The summed E-state index contributed by atoms with van der Waals surface area (Å²) in [5.74, 6) is 0. The Morgan fingerprint density at radius 1 is 1.22 bits per heavy atom. The summed E-state index contributed by atoms with van der Waals surface area (Å²) in [5, 5.41) is 14.7. The van der Waals surface area contributed by atoms with E-state index in [-0.39, 0.29) is 10.7 Å². The van der Waals surface area contributed by atoms with Crippen LogP contribution in [-0.4, -0.2) is 24.1 Å². The monoisotopic (exact) mass is 429 g/mol. The molecule has 2 rings (SSSR count). The number of nitro groups is 1. The largest absolute Gasteiger partial charge is 0.379 e. The minimum Gasteiger partial charge on any atom is -0.379 e. The average molecular weight is 430 g/mol. The molecule has 0 radical (unpaired) electrons. The summed E-state index contributed by atoms with van der Waals surface area (Å²) < 4.78 is 4.36. The lowest BCUT2D eigenvalue weighted by Gasteiger charge is -2.13. The first-order valence-corrected chi connectivity index (χ1v) is 13.5. The van der Waals surface area contributed by atoms with Crippen LogP contribution in [0.5, 0.6) is 0 Å². The number of nitro benzene ring substituents is 1. The van der Waals surface area contributed by atoms with Crippen LogP contribution < -0.4 is 9.88 Å². The van der Waals surface area contributed by atoms with Crippen molar-refractivity contribution in [1.29, 1.82) is 0 Å². The van der Waals surface area contributed by atoms with Crippen molar-refractivity contribution in [2.45, 2.75) is 51.6 Å². The average Bonchev–Trinajstić information content (AvgIpc) is 3.00. The van der Waals surface area contributed by atoms with Crippen molar-refractivity contribution in [3.8, 4) is 0 Å². The van der Waals surface area contributed by atoms with Crippen LogP contribution in [0.15, 0.2) is 30.9 Å². The Balaban J connectivity index is 1.81. The van der Waals surface area contributed by atoms with Gasteiger partial charge in [0.2, 0.25) is 6.33 Å². The second kappa shape index (κ2) is 9.57. The van der Waals surface area contributed by atoms with Crippen molar-refractivity contribution in [3.05, 3.63) is 51.0 Å². The van der Waals surface area contributed by atoms with Gasteiger partial charge in [0.1, 0.15) is 18.1 Å².